The predicted octanol–water partition coefficient (Wildman–Crippen LogP) is 3.57. The third-order valence-corrected chi connectivity index (χ3v) is 5.39. The Morgan fingerprint density at radius 3 is 2.34 bits per heavy atom. The van der Waals surface area contributed by atoms with E-state index in [1.807, 2.05) is 4.90 Å². The number of carbonyl (C=O) groups is 2. The van der Waals surface area contributed by atoms with Gasteiger partial charge in [-0.05, 0) is 55.7 Å². The highest BCUT2D eigenvalue weighted by atomic mass is 16.6. The first-order valence-corrected chi connectivity index (χ1v) is 9.78. The smallest absolute Gasteiger partial charge is 0.293 e. The molecule has 2 saturated heterocycles. The van der Waals surface area contributed by atoms with Gasteiger partial charge in [-0.3, -0.25) is 19.7 Å². The maximum Gasteiger partial charge on any atom is 0.293 e. The van der Waals surface area contributed by atoms with Crippen LogP contribution in [0, 0.1) is 10.1 Å². The van der Waals surface area contributed by atoms with Crippen LogP contribution in [0.2, 0.25) is 0 Å². The van der Waals surface area contributed by atoms with Gasteiger partial charge in [0.1, 0.15) is 5.69 Å². The number of anilines is 3. The molecule has 2 fully saturated rings. The molecule has 0 atom stereocenters. The lowest BCUT2D eigenvalue weighted by Crippen LogP contribution is -2.23. The lowest BCUT2D eigenvalue weighted by molar-refractivity contribution is -0.384. The van der Waals surface area contributed by atoms with E-state index in [2.05, 4.69) is 5.32 Å². The minimum atomic E-state index is -0.438. The Bertz CT molecular complexity index is 952. The van der Waals surface area contributed by atoms with Crippen molar-refractivity contribution in [3.8, 4) is 0 Å². The van der Waals surface area contributed by atoms with Crippen molar-refractivity contribution in [2.75, 3.05) is 34.8 Å². The normalized spacial score (nSPS) is 16.3. The molecule has 0 aliphatic carbocycles. The summed E-state index contributed by atoms with van der Waals surface area (Å²) < 4.78 is 0. The molecule has 2 amide bonds. The van der Waals surface area contributed by atoms with E-state index in [0.29, 0.717) is 24.3 Å². The van der Waals surface area contributed by atoms with Crippen LogP contribution in [0.25, 0.3) is 0 Å². The summed E-state index contributed by atoms with van der Waals surface area (Å²) in [5.74, 6) is -0.307. The predicted molar refractivity (Wildman–Crippen MR) is 111 cm³/mol. The maximum absolute atomic E-state index is 12.6. The Labute approximate surface area is 168 Å². The molecule has 4 rings (SSSR count). The molecule has 29 heavy (non-hydrogen) atoms. The first-order chi connectivity index (χ1) is 14.0. The van der Waals surface area contributed by atoms with E-state index in [1.54, 1.807) is 41.3 Å². The van der Waals surface area contributed by atoms with Gasteiger partial charge in [-0.2, -0.15) is 0 Å². The van der Waals surface area contributed by atoms with Crippen LogP contribution in [0.1, 0.15) is 36.0 Å². The van der Waals surface area contributed by atoms with Gasteiger partial charge in [-0.25, -0.2) is 0 Å². The zero-order valence-corrected chi connectivity index (χ0v) is 16.0. The van der Waals surface area contributed by atoms with E-state index in [9.17, 15) is 19.7 Å². The molecule has 0 spiro atoms. The monoisotopic (exact) mass is 394 g/mol. The van der Waals surface area contributed by atoms with Crippen LogP contribution in [-0.2, 0) is 4.79 Å². The third-order valence-electron chi connectivity index (χ3n) is 5.39. The number of nitro groups is 1. The van der Waals surface area contributed by atoms with Crippen LogP contribution in [0.3, 0.4) is 0 Å². The molecule has 0 saturated carbocycles. The van der Waals surface area contributed by atoms with Gasteiger partial charge in [-0.15, -0.1) is 0 Å². The molecule has 2 heterocycles. The second kappa shape index (κ2) is 7.90. The van der Waals surface area contributed by atoms with Crippen LogP contribution >= 0.6 is 0 Å². The number of hydrogen-bond donors (Lipinski definition) is 1. The first-order valence-electron chi connectivity index (χ1n) is 9.78. The van der Waals surface area contributed by atoms with E-state index >= 15 is 0 Å². The van der Waals surface area contributed by atoms with Gasteiger partial charge in [-0.1, -0.05) is 0 Å². The SMILES string of the molecule is O=C(Nc1ccc(N2CCCC2=O)cc1)c1ccc(N2CCCC2)c([N+](=O)[O-])c1. The molecule has 8 heteroatoms. The zero-order chi connectivity index (χ0) is 20.4. The summed E-state index contributed by atoms with van der Waals surface area (Å²) >= 11 is 0. The molecular weight excluding hydrogens is 372 g/mol. The molecule has 0 aromatic heterocycles. The van der Waals surface area contributed by atoms with Crippen molar-refractivity contribution in [3.05, 3.63) is 58.1 Å². The average molecular weight is 394 g/mol. The Morgan fingerprint density at radius 2 is 1.72 bits per heavy atom. The van der Waals surface area contributed by atoms with E-state index in [4.69, 9.17) is 0 Å². The molecule has 0 radical (unpaired) electrons. The highest BCUT2D eigenvalue weighted by Crippen LogP contribution is 2.32. The summed E-state index contributed by atoms with van der Waals surface area (Å²) in [6, 6.07) is 11.6. The second-order valence-electron chi connectivity index (χ2n) is 7.30. The van der Waals surface area contributed by atoms with Crippen LogP contribution in [0.5, 0.6) is 0 Å². The van der Waals surface area contributed by atoms with Crippen LogP contribution in [0.15, 0.2) is 42.5 Å². The standard InChI is InChI=1S/C21H22N4O4/c26-20-4-3-13-24(20)17-8-6-16(7-9-17)22-21(27)15-5-10-18(19(14-15)25(28)29)23-11-1-2-12-23/h5-10,14H,1-4,11-13H2,(H,22,27). The second-order valence-corrected chi connectivity index (χ2v) is 7.30. The number of benzene rings is 2. The van der Waals surface area contributed by atoms with Gasteiger partial charge in [0.15, 0.2) is 0 Å². The number of nitro benzene ring substituents is 1. The van der Waals surface area contributed by atoms with Crippen LogP contribution in [0.4, 0.5) is 22.7 Å². The van der Waals surface area contributed by atoms with E-state index in [1.165, 1.54) is 6.07 Å². The van der Waals surface area contributed by atoms with Gasteiger partial charge in [0, 0.05) is 49.1 Å². The van der Waals surface area contributed by atoms with Crippen LogP contribution < -0.4 is 15.1 Å². The largest absolute Gasteiger partial charge is 0.366 e. The zero-order valence-electron chi connectivity index (χ0n) is 16.0. The van der Waals surface area contributed by atoms with Crippen molar-refractivity contribution in [1.82, 2.24) is 0 Å². The van der Waals surface area contributed by atoms with Crippen molar-refractivity contribution >= 4 is 34.6 Å². The van der Waals surface area contributed by atoms with E-state index < -0.39 is 10.8 Å². The quantitative estimate of drug-likeness (QED) is 0.618. The first kappa shape index (κ1) is 18.9. The Hall–Kier alpha value is -3.42. The lowest BCUT2D eigenvalue weighted by Gasteiger charge is -2.18. The number of rotatable bonds is 5. The molecule has 8 nitrogen and oxygen atoms in total. The summed E-state index contributed by atoms with van der Waals surface area (Å²) in [6.45, 7) is 2.29. The molecule has 0 bridgehead atoms. The van der Waals surface area contributed by atoms with Crippen LogP contribution in [-0.4, -0.2) is 36.4 Å². The van der Waals surface area contributed by atoms with Crippen molar-refractivity contribution < 1.29 is 14.5 Å². The fourth-order valence-corrected chi connectivity index (χ4v) is 3.89. The number of nitrogens with zero attached hydrogens (tertiary/aromatic N) is 3. The Kier molecular flexibility index (Phi) is 5.16. The molecule has 2 aromatic rings. The van der Waals surface area contributed by atoms with Gasteiger partial charge in [0.25, 0.3) is 11.6 Å². The molecule has 2 aliphatic rings. The Morgan fingerprint density at radius 1 is 1.00 bits per heavy atom. The summed E-state index contributed by atoms with van der Waals surface area (Å²) in [4.78, 5) is 39.2. The summed E-state index contributed by atoms with van der Waals surface area (Å²) in [7, 11) is 0. The van der Waals surface area contributed by atoms with Gasteiger partial charge in [0.2, 0.25) is 5.91 Å². The minimum Gasteiger partial charge on any atom is -0.366 e. The summed E-state index contributed by atoms with van der Waals surface area (Å²) in [5.41, 5.74) is 2.11. The Balaban J connectivity index is 1.50. The van der Waals surface area contributed by atoms with Gasteiger partial charge >= 0.3 is 0 Å². The molecule has 2 aromatic carbocycles. The summed E-state index contributed by atoms with van der Waals surface area (Å²) in [6.07, 6.45) is 3.44. The van der Waals surface area contributed by atoms with Gasteiger partial charge in [0.05, 0.1) is 4.92 Å². The lowest BCUT2D eigenvalue weighted by atomic mass is 10.1. The van der Waals surface area contributed by atoms with E-state index in [-0.39, 0.29) is 17.2 Å². The number of hydrogen-bond acceptors (Lipinski definition) is 5. The average Bonchev–Trinajstić information content (AvgIpc) is 3.40. The highest BCUT2D eigenvalue weighted by molar-refractivity contribution is 6.05. The molecule has 2 aliphatic heterocycles. The maximum atomic E-state index is 12.6. The summed E-state index contributed by atoms with van der Waals surface area (Å²) in [5, 5.41) is 14.3. The number of nitrogens with one attached hydrogen (secondary N) is 1. The van der Waals surface area contributed by atoms with Crippen molar-refractivity contribution in [2.45, 2.75) is 25.7 Å². The van der Waals surface area contributed by atoms with Crippen molar-refractivity contribution in [2.24, 2.45) is 0 Å². The molecule has 150 valence electrons. The number of amides is 2. The molecular formula is C21H22N4O4. The number of carbonyl (C=O) groups excluding carboxylic acids is 2. The molecule has 1 N–H and O–H groups in total. The highest BCUT2D eigenvalue weighted by Gasteiger charge is 2.24. The minimum absolute atomic E-state index is 0.0533. The fraction of sp³-hybridized carbons (Fsp3) is 0.333. The van der Waals surface area contributed by atoms with Crippen molar-refractivity contribution in [1.29, 1.82) is 0 Å². The topological polar surface area (TPSA) is 95.8 Å². The van der Waals surface area contributed by atoms with E-state index in [0.717, 1.165) is 38.0 Å². The fourth-order valence-electron chi connectivity index (χ4n) is 3.89. The third kappa shape index (κ3) is 3.91. The molecule has 0 unspecified atom stereocenters. The van der Waals surface area contributed by atoms with Crippen molar-refractivity contribution in [3.63, 3.8) is 0 Å². The van der Waals surface area contributed by atoms with Gasteiger partial charge < -0.3 is 15.1 Å².